The number of amides is 1. The topological polar surface area (TPSA) is 54.3 Å². The van der Waals surface area contributed by atoms with Crippen LogP contribution in [0.2, 0.25) is 0 Å². The van der Waals surface area contributed by atoms with Crippen LogP contribution in [0.15, 0.2) is 24.4 Å². The predicted molar refractivity (Wildman–Crippen MR) is 114 cm³/mol. The number of fused-ring (bicyclic) bond motifs is 1. The minimum atomic E-state index is -0.104. The maximum Gasteiger partial charge on any atom is 0.280 e. The van der Waals surface area contributed by atoms with Gasteiger partial charge in [-0.1, -0.05) is 17.4 Å². The van der Waals surface area contributed by atoms with Gasteiger partial charge in [-0.15, -0.1) is 12.4 Å². The predicted octanol–water partition coefficient (Wildman–Crippen LogP) is 3.76. The Labute approximate surface area is 170 Å². The number of hydrogen-bond acceptors (Lipinski definition) is 5. The van der Waals surface area contributed by atoms with E-state index in [9.17, 15) is 4.79 Å². The Morgan fingerprint density at radius 3 is 2.59 bits per heavy atom. The van der Waals surface area contributed by atoms with Crippen molar-refractivity contribution in [1.29, 1.82) is 0 Å². The molecule has 0 aliphatic carbocycles. The molecule has 0 atom stereocenters. The van der Waals surface area contributed by atoms with Crippen LogP contribution in [0.1, 0.15) is 28.5 Å². The van der Waals surface area contributed by atoms with Crippen LogP contribution >= 0.6 is 23.7 Å². The average Bonchev–Trinajstić information content (AvgIpc) is 3.21. The van der Waals surface area contributed by atoms with E-state index in [1.54, 1.807) is 27.0 Å². The molecule has 27 heavy (non-hydrogen) atoms. The first-order chi connectivity index (χ1) is 12.4. The summed E-state index contributed by atoms with van der Waals surface area (Å²) in [5, 5.41) is 5.10. The lowest BCUT2D eigenvalue weighted by Gasteiger charge is -2.21. The molecular weight excluding hydrogens is 382 g/mol. The smallest absolute Gasteiger partial charge is 0.280 e. The van der Waals surface area contributed by atoms with Gasteiger partial charge in [0.1, 0.15) is 0 Å². The third kappa shape index (κ3) is 4.66. The first-order valence-corrected chi connectivity index (χ1v) is 9.58. The molecule has 3 rings (SSSR count). The van der Waals surface area contributed by atoms with Crippen LogP contribution in [-0.2, 0) is 6.54 Å². The van der Waals surface area contributed by atoms with Crippen molar-refractivity contribution in [2.75, 3.05) is 32.1 Å². The van der Waals surface area contributed by atoms with E-state index in [2.05, 4.69) is 36.0 Å². The molecule has 0 saturated carbocycles. The molecule has 8 heteroatoms. The summed E-state index contributed by atoms with van der Waals surface area (Å²) >= 11 is 1.57. The van der Waals surface area contributed by atoms with E-state index in [0.717, 1.165) is 28.4 Å². The summed E-state index contributed by atoms with van der Waals surface area (Å²) in [5.41, 5.74) is 3.78. The Morgan fingerprint density at radius 1 is 1.22 bits per heavy atom. The number of anilines is 1. The van der Waals surface area contributed by atoms with Crippen LogP contribution in [0.25, 0.3) is 10.2 Å². The lowest BCUT2D eigenvalue weighted by molar-refractivity contribution is 0.0979. The number of hydrogen-bond donors (Lipinski definition) is 0. The fourth-order valence-electron chi connectivity index (χ4n) is 2.85. The van der Waals surface area contributed by atoms with Crippen molar-refractivity contribution in [2.45, 2.75) is 27.3 Å². The number of thiazole rings is 1. The highest BCUT2D eigenvalue weighted by molar-refractivity contribution is 7.22. The van der Waals surface area contributed by atoms with Crippen molar-refractivity contribution in [3.63, 3.8) is 0 Å². The molecule has 1 aromatic carbocycles. The second-order valence-corrected chi connectivity index (χ2v) is 7.72. The zero-order valence-corrected chi connectivity index (χ0v) is 18.0. The highest BCUT2D eigenvalue weighted by Gasteiger charge is 2.23. The van der Waals surface area contributed by atoms with Gasteiger partial charge < -0.3 is 4.90 Å². The number of aromatic nitrogens is 3. The number of carbonyl (C=O) groups excluding carboxylic acids is 1. The monoisotopic (exact) mass is 407 g/mol. The molecular formula is C19H26ClN5OS. The molecule has 0 bridgehead atoms. The second-order valence-electron chi connectivity index (χ2n) is 6.74. The van der Waals surface area contributed by atoms with Gasteiger partial charge >= 0.3 is 0 Å². The molecule has 1 amide bonds. The molecule has 2 heterocycles. The van der Waals surface area contributed by atoms with Gasteiger partial charge in [-0.2, -0.15) is 5.10 Å². The first-order valence-electron chi connectivity index (χ1n) is 8.77. The Bertz CT molecular complexity index is 933. The van der Waals surface area contributed by atoms with E-state index < -0.39 is 0 Å². The van der Waals surface area contributed by atoms with Gasteiger partial charge in [0.25, 0.3) is 5.91 Å². The molecule has 0 fully saturated rings. The average molecular weight is 408 g/mol. The highest BCUT2D eigenvalue weighted by Crippen LogP contribution is 2.32. The Balaban J connectivity index is 0.00000261. The Hall–Kier alpha value is -1.96. The van der Waals surface area contributed by atoms with Crippen molar-refractivity contribution in [1.82, 2.24) is 19.7 Å². The number of nitrogens with zero attached hydrogens (tertiary/aromatic N) is 5. The number of rotatable bonds is 6. The van der Waals surface area contributed by atoms with E-state index >= 15 is 0 Å². The lowest BCUT2D eigenvalue weighted by atomic mass is 10.1. The molecule has 3 aromatic rings. The molecule has 0 saturated heterocycles. The van der Waals surface area contributed by atoms with Crippen molar-refractivity contribution >= 4 is 45.0 Å². The summed E-state index contributed by atoms with van der Waals surface area (Å²) in [5.74, 6) is -0.104. The summed E-state index contributed by atoms with van der Waals surface area (Å²) < 4.78 is 2.90. The van der Waals surface area contributed by atoms with Gasteiger partial charge in [-0.3, -0.25) is 14.4 Å². The van der Waals surface area contributed by atoms with Crippen LogP contribution in [0.3, 0.4) is 0 Å². The van der Waals surface area contributed by atoms with Crippen LogP contribution in [0.4, 0.5) is 5.13 Å². The van der Waals surface area contributed by atoms with Gasteiger partial charge in [0, 0.05) is 25.8 Å². The van der Waals surface area contributed by atoms with Crippen LogP contribution in [0.5, 0.6) is 0 Å². The molecule has 0 radical (unpaired) electrons. The van der Waals surface area contributed by atoms with Crippen molar-refractivity contribution in [3.8, 4) is 0 Å². The number of carbonyl (C=O) groups is 1. The van der Waals surface area contributed by atoms with Gasteiger partial charge in [0.15, 0.2) is 10.8 Å². The minimum absolute atomic E-state index is 0. The fraction of sp³-hybridized carbons (Fsp3) is 0.421. The van der Waals surface area contributed by atoms with E-state index in [0.29, 0.717) is 12.2 Å². The lowest BCUT2D eigenvalue weighted by Crippen LogP contribution is -2.37. The third-order valence-electron chi connectivity index (χ3n) is 4.24. The largest absolute Gasteiger partial charge is 0.308 e. The quantitative estimate of drug-likeness (QED) is 0.624. The number of benzene rings is 1. The van der Waals surface area contributed by atoms with E-state index in [1.807, 2.05) is 27.2 Å². The SMILES string of the molecule is CCn1ccc(C(=O)N(CCN(C)C)c2nc3cc(C)cc(C)c3s2)n1.Cl. The minimum Gasteiger partial charge on any atom is -0.308 e. The van der Waals surface area contributed by atoms with Gasteiger partial charge in [0.2, 0.25) is 0 Å². The molecule has 0 aliphatic rings. The van der Waals surface area contributed by atoms with Crippen LogP contribution < -0.4 is 4.90 Å². The number of halogens is 1. The molecule has 0 aliphatic heterocycles. The maximum absolute atomic E-state index is 13.1. The molecule has 0 spiro atoms. The standard InChI is InChI=1S/C19H25N5OS.ClH/c1-6-23-8-7-15(21-23)18(25)24(10-9-22(4)5)19-20-16-12-13(2)11-14(3)17(16)26-19;/h7-8,11-12H,6,9-10H2,1-5H3;1H. The van der Waals surface area contributed by atoms with Gasteiger partial charge in [0.05, 0.1) is 10.2 Å². The zero-order chi connectivity index (χ0) is 18.8. The van der Waals surface area contributed by atoms with Gasteiger partial charge in [-0.05, 0) is 58.1 Å². The normalized spacial score (nSPS) is 11.0. The Kier molecular flexibility index (Phi) is 6.97. The summed E-state index contributed by atoms with van der Waals surface area (Å²) in [6.07, 6.45) is 1.84. The summed E-state index contributed by atoms with van der Waals surface area (Å²) in [6, 6.07) is 6.00. The molecule has 0 N–H and O–H groups in total. The summed E-state index contributed by atoms with van der Waals surface area (Å²) in [4.78, 5) is 21.7. The second kappa shape index (κ2) is 8.82. The number of aryl methyl sites for hydroxylation is 3. The maximum atomic E-state index is 13.1. The van der Waals surface area contributed by atoms with E-state index in [4.69, 9.17) is 4.98 Å². The molecule has 0 unspecified atom stereocenters. The van der Waals surface area contributed by atoms with E-state index in [1.165, 1.54) is 11.1 Å². The highest BCUT2D eigenvalue weighted by atomic mass is 35.5. The number of likely N-dealkylation sites (N-methyl/N-ethyl adjacent to an activating group) is 1. The molecule has 2 aromatic heterocycles. The fourth-order valence-corrected chi connectivity index (χ4v) is 3.89. The summed E-state index contributed by atoms with van der Waals surface area (Å²) in [6.45, 7) is 8.23. The van der Waals surface area contributed by atoms with Gasteiger partial charge in [-0.25, -0.2) is 4.98 Å². The molecule has 146 valence electrons. The van der Waals surface area contributed by atoms with Crippen LogP contribution in [-0.4, -0.2) is 52.8 Å². The summed E-state index contributed by atoms with van der Waals surface area (Å²) in [7, 11) is 4.00. The third-order valence-corrected chi connectivity index (χ3v) is 5.47. The van der Waals surface area contributed by atoms with Crippen molar-refractivity contribution in [2.24, 2.45) is 0 Å². The van der Waals surface area contributed by atoms with E-state index in [-0.39, 0.29) is 18.3 Å². The zero-order valence-electron chi connectivity index (χ0n) is 16.4. The van der Waals surface area contributed by atoms with Crippen LogP contribution in [0, 0.1) is 13.8 Å². The molecule has 6 nitrogen and oxygen atoms in total. The first kappa shape index (κ1) is 21.3. The van der Waals surface area contributed by atoms with Crippen molar-refractivity contribution in [3.05, 3.63) is 41.2 Å². The Morgan fingerprint density at radius 2 is 1.96 bits per heavy atom. The van der Waals surface area contributed by atoms with Crippen molar-refractivity contribution < 1.29 is 4.79 Å².